The minimum atomic E-state index is -3.85. The number of amides is 1. The number of nitrogens with one attached hydrogen (secondary N) is 2. The molecule has 39 heavy (non-hydrogen) atoms. The molecule has 1 fully saturated rings. The molecule has 1 heterocycles. The van der Waals surface area contributed by atoms with Crippen LogP contribution in [0.25, 0.3) is 0 Å². The van der Waals surface area contributed by atoms with E-state index in [2.05, 4.69) is 10.0 Å². The van der Waals surface area contributed by atoms with Crippen LogP contribution in [0.4, 0.5) is 11.4 Å². The summed E-state index contributed by atoms with van der Waals surface area (Å²) in [6.45, 7) is 2.23. The normalized spacial score (nSPS) is 15.2. The lowest BCUT2D eigenvalue weighted by molar-refractivity contribution is -0.120. The largest absolute Gasteiger partial charge is 0.326 e. The maximum Gasteiger partial charge on any atom is 0.261 e. The summed E-state index contributed by atoms with van der Waals surface area (Å²) in [5, 5.41) is 3.95. The fourth-order valence-corrected chi connectivity index (χ4v) is 7.53. The Bertz CT molecular complexity index is 1590. The summed E-state index contributed by atoms with van der Waals surface area (Å²) in [5.41, 5.74) is 2.07. The minimum absolute atomic E-state index is 0.0245. The number of carbonyl (C=O) groups excluding carboxylic acids is 1. The number of hydrogen-bond acceptors (Lipinski definition) is 5. The van der Waals surface area contributed by atoms with Crippen molar-refractivity contribution in [2.75, 3.05) is 23.1 Å². The Kier molecular flexibility index (Phi) is 9.15. The molecule has 8 nitrogen and oxygen atoms in total. The van der Waals surface area contributed by atoms with Crippen LogP contribution in [0.15, 0.2) is 65.6 Å². The Balaban J connectivity index is 1.32. The van der Waals surface area contributed by atoms with Gasteiger partial charge in [0.15, 0.2) is 0 Å². The first-order valence-electron chi connectivity index (χ1n) is 12.0. The van der Waals surface area contributed by atoms with Crippen LogP contribution in [-0.4, -0.2) is 40.1 Å². The predicted octanol–water partition coefficient (Wildman–Crippen LogP) is 5.94. The molecule has 3 aromatic carbocycles. The highest BCUT2D eigenvalue weighted by Crippen LogP contribution is 2.27. The van der Waals surface area contributed by atoms with Crippen LogP contribution in [0.5, 0.6) is 0 Å². The molecule has 1 aliphatic rings. The topological polar surface area (TPSA) is 113 Å². The summed E-state index contributed by atoms with van der Waals surface area (Å²) in [4.78, 5) is 12.8. The van der Waals surface area contributed by atoms with Gasteiger partial charge in [0.25, 0.3) is 10.0 Å². The van der Waals surface area contributed by atoms with Crippen molar-refractivity contribution in [1.82, 2.24) is 4.31 Å². The van der Waals surface area contributed by atoms with Crippen LogP contribution >= 0.6 is 34.8 Å². The second-order valence-corrected chi connectivity index (χ2v) is 14.2. The average Bonchev–Trinajstić information content (AvgIpc) is 2.88. The Hall–Kier alpha value is -2.34. The van der Waals surface area contributed by atoms with E-state index in [-0.39, 0.29) is 40.6 Å². The quantitative estimate of drug-likeness (QED) is 0.320. The van der Waals surface area contributed by atoms with Crippen molar-refractivity contribution in [1.29, 1.82) is 0 Å². The van der Waals surface area contributed by atoms with E-state index in [1.807, 2.05) is 6.92 Å². The van der Waals surface area contributed by atoms with E-state index in [0.29, 0.717) is 39.8 Å². The zero-order valence-electron chi connectivity index (χ0n) is 20.8. The zero-order valence-corrected chi connectivity index (χ0v) is 24.7. The van der Waals surface area contributed by atoms with Crippen molar-refractivity contribution in [3.63, 3.8) is 0 Å². The number of halogens is 3. The number of carbonyl (C=O) groups is 1. The number of nitrogens with zero attached hydrogens (tertiary/aromatic N) is 1. The lowest BCUT2D eigenvalue weighted by atomic mass is 9.97. The smallest absolute Gasteiger partial charge is 0.261 e. The SMILES string of the molecule is Cc1ccc(NS(=O)(=O)c2ccc(NC(=O)C3CCN(S(=O)(=O)Cc4ccc(Cl)cc4Cl)CC3)cc2)cc1Cl. The maximum atomic E-state index is 12.9. The second-order valence-electron chi connectivity index (χ2n) is 9.25. The molecule has 0 aromatic heterocycles. The molecule has 208 valence electrons. The van der Waals surface area contributed by atoms with Crippen LogP contribution in [0, 0.1) is 12.8 Å². The van der Waals surface area contributed by atoms with Crippen LogP contribution in [-0.2, 0) is 30.6 Å². The van der Waals surface area contributed by atoms with E-state index in [4.69, 9.17) is 34.8 Å². The first-order valence-corrected chi connectivity index (χ1v) is 16.2. The van der Waals surface area contributed by atoms with Gasteiger partial charge in [0.1, 0.15) is 0 Å². The Morgan fingerprint density at radius 2 is 1.51 bits per heavy atom. The van der Waals surface area contributed by atoms with Gasteiger partial charge in [0.2, 0.25) is 15.9 Å². The molecule has 1 saturated heterocycles. The van der Waals surface area contributed by atoms with Gasteiger partial charge in [0, 0.05) is 39.8 Å². The van der Waals surface area contributed by atoms with Crippen molar-refractivity contribution in [2.45, 2.75) is 30.4 Å². The molecule has 2 N–H and O–H groups in total. The number of anilines is 2. The fourth-order valence-electron chi connectivity index (χ4n) is 4.15. The van der Waals surface area contributed by atoms with Crippen molar-refractivity contribution in [3.05, 3.63) is 86.9 Å². The molecule has 0 unspecified atom stereocenters. The minimum Gasteiger partial charge on any atom is -0.326 e. The second kappa shape index (κ2) is 12.0. The highest BCUT2D eigenvalue weighted by Gasteiger charge is 2.31. The Morgan fingerprint density at radius 1 is 0.872 bits per heavy atom. The Morgan fingerprint density at radius 3 is 2.13 bits per heavy atom. The molecule has 1 aliphatic heterocycles. The molecule has 13 heteroatoms. The standard InChI is InChI=1S/C26H26Cl3N3O5S2/c1-17-2-5-22(15-24(17)28)31-39(36,37)23-8-6-21(7-9-23)30-26(33)18-10-12-32(13-11-18)38(34,35)16-19-3-4-20(27)14-25(19)29/h2-9,14-15,18,31H,10-13,16H2,1H3,(H,30,33). The zero-order chi connectivity index (χ0) is 28.4. The highest BCUT2D eigenvalue weighted by molar-refractivity contribution is 7.92. The third kappa shape index (κ3) is 7.45. The number of piperidine rings is 1. The highest BCUT2D eigenvalue weighted by atomic mass is 35.5. The van der Waals surface area contributed by atoms with Gasteiger partial charge < -0.3 is 5.32 Å². The molecule has 0 spiro atoms. The fraction of sp³-hybridized carbons (Fsp3) is 0.269. The number of hydrogen-bond donors (Lipinski definition) is 2. The number of sulfonamides is 2. The third-order valence-electron chi connectivity index (χ3n) is 6.43. The number of benzene rings is 3. The van der Waals surface area contributed by atoms with Crippen LogP contribution in [0.2, 0.25) is 15.1 Å². The van der Waals surface area contributed by atoms with Gasteiger partial charge in [-0.1, -0.05) is 46.9 Å². The van der Waals surface area contributed by atoms with Crippen LogP contribution < -0.4 is 10.0 Å². The van der Waals surface area contributed by atoms with E-state index >= 15 is 0 Å². The van der Waals surface area contributed by atoms with Crippen LogP contribution in [0.3, 0.4) is 0 Å². The first kappa shape index (κ1) is 29.6. The van der Waals surface area contributed by atoms with E-state index in [0.717, 1.165) is 5.56 Å². The summed E-state index contributed by atoms with van der Waals surface area (Å²) in [6.07, 6.45) is 0.712. The molecule has 0 saturated carbocycles. The summed E-state index contributed by atoms with van der Waals surface area (Å²) in [7, 11) is -7.48. The first-order chi connectivity index (χ1) is 18.3. The summed E-state index contributed by atoms with van der Waals surface area (Å²) < 4.78 is 55.1. The van der Waals surface area contributed by atoms with Gasteiger partial charge in [-0.15, -0.1) is 0 Å². The van der Waals surface area contributed by atoms with Crippen molar-refractivity contribution >= 4 is 72.1 Å². The molecule has 3 aromatic rings. The van der Waals surface area contributed by atoms with Gasteiger partial charge in [-0.3, -0.25) is 9.52 Å². The summed E-state index contributed by atoms with van der Waals surface area (Å²) in [5.74, 6) is -0.885. The van der Waals surface area contributed by atoms with E-state index in [1.165, 1.54) is 40.7 Å². The molecular weight excluding hydrogens is 605 g/mol. The maximum absolute atomic E-state index is 12.9. The summed E-state index contributed by atoms with van der Waals surface area (Å²) >= 11 is 18.1. The van der Waals surface area contributed by atoms with Gasteiger partial charge in [0.05, 0.1) is 16.3 Å². The molecular formula is C26H26Cl3N3O5S2. The van der Waals surface area contributed by atoms with Crippen molar-refractivity contribution in [3.8, 4) is 0 Å². The van der Waals surface area contributed by atoms with Crippen molar-refractivity contribution in [2.24, 2.45) is 5.92 Å². The molecule has 0 atom stereocenters. The number of rotatable bonds is 8. The van der Waals surface area contributed by atoms with E-state index < -0.39 is 20.0 Å². The monoisotopic (exact) mass is 629 g/mol. The molecule has 4 rings (SSSR count). The van der Waals surface area contributed by atoms with Gasteiger partial charge >= 0.3 is 0 Å². The van der Waals surface area contributed by atoms with Crippen LogP contribution in [0.1, 0.15) is 24.0 Å². The Labute approximate surface area is 243 Å². The van der Waals surface area contributed by atoms with E-state index in [9.17, 15) is 21.6 Å². The van der Waals surface area contributed by atoms with E-state index in [1.54, 1.807) is 24.3 Å². The predicted molar refractivity (Wildman–Crippen MR) is 155 cm³/mol. The number of aryl methyl sites for hydroxylation is 1. The lowest BCUT2D eigenvalue weighted by Gasteiger charge is -2.30. The lowest BCUT2D eigenvalue weighted by Crippen LogP contribution is -2.41. The van der Waals surface area contributed by atoms with Gasteiger partial charge in [-0.2, -0.15) is 0 Å². The van der Waals surface area contributed by atoms with Crippen molar-refractivity contribution < 1.29 is 21.6 Å². The molecule has 0 bridgehead atoms. The molecule has 0 aliphatic carbocycles. The average molecular weight is 631 g/mol. The van der Waals surface area contributed by atoms with Gasteiger partial charge in [-0.25, -0.2) is 21.1 Å². The molecule has 0 radical (unpaired) electrons. The summed E-state index contributed by atoms with van der Waals surface area (Å²) in [6, 6.07) is 15.4. The third-order valence-corrected chi connectivity index (χ3v) is 10.6. The molecule has 1 amide bonds. The van der Waals surface area contributed by atoms with Gasteiger partial charge in [-0.05, 0) is 79.4 Å².